The van der Waals surface area contributed by atoms with Gasteiger partial charge in [0, 0.05) is 12.1 Å². The number of hydrazone groups is 1. The van der Waals surface area contributed by atoms with E-state index in [4.69, 9.17) is 4.74 Å². The lowest BCUT2D eigenvalue weighted by Gasteiger charge is -2.18. The third-order valence-corrected chi connectivity index (χ3v) is 3.79. The third kappa shape index (κ3) is 5.05. The number of amides is 2. The van der Waals surface area contributed by atoms with Crippen LogP contribution in [0.4, 0.5) is 10.5 Å². The molecule has 0 radical (unpaired) electrons. The molecule has 25 heavy (non-hydrogen) atoms. The summed E-state index contributed by atoms with van der Waals surface area (Å²) in [6.07, 6.45) is 3.67. The van der Waals surface area contributed by atoms with Gasteiger partial charge in [0.1, 0.15) is 5.60 Å². The predicted octanol–water partition coefficient (Wildman–Crippen LogP) is 3.84. The van der Waals surface area contributed by atoms with E-state index in [1.54, 1.807) is 25.7 Å². The molecule has 1 aromatic rings. The van der Waals surface area contributed by atoms with E-state index < -0.39 is 11.7 Å². The van der Waals surface area contributed by atoms with Crippen LogP contribution < -0.4 is 10.3 Å². The summed E-state index contributed by atoms with van der Waals surface area (Å²) in [5.74, 6) is -0.186. The van der Waals surface area contributed by atoms with Gasteiger partial charge in [0.2, 0.25) is 0 Å². The van der Waals surface area contributed by atoms with Crippen LogP contribution in [0.3, 0.4) is 0 Å². The van der Waals surface area contributed by atoms with Gasteiger partial charge in [0.25, 0.3) is 5.91 Å². The number of fused-ring (bicyclic) bond motifs is 1. The van der Waals surface area contributed by atoms with Crippen molar-refractivity contribution < 1.29 is 14.3 Å². The van der Waals surface area contributed by atoms with Gasteiger partial charge >= 0.3 is 6.09 Å². The molecule has 2 amide bonds. The first-order valence-corrected chi connectivity index (χ1v) is 8.81. The van der Waals surface area contributed by atoms with E-state index in [1.807, 2.05) is 24.3 Å². The molecule has 6 nitrogen and oxygen atoms in total. The Kier molecular flexibility index (Phi) is 6.17. The van der Waals surface area contributed by atoms with Crippen molar-refractivity contribution in [1.29, 1.82) is 0 Å². The van der Waals surface area contributed by atoms with Crippen LogP contribution in [0.15, 0.2) is 29.4 Å². The Morgan fingerprint density at radius 2 is 1.92 bits per heavy atom. The Labute approximate surface area is 149 Å². The minimum absolute atomic E-state index is 0.186. The minimum atomic E-state index is -0.674. The molecular weight excluding hydrogens is 318 g/mol. The van der Waals surface area contributed by atoms with E-state index >= 15 is 0 Å². The van der Waals surface area contributed by atoms with E-state index in [9.17, 15) is 9.59 Å². The first kappa shape index (κ1) is 19.0. The monoisotopic (exact) mass is 345 g/mol. The molecule has 0 saturated heterocycles. The van der Waals surface area contributed by atoms with Gasteiger partial charge in [0.05, 0.1) is 5.69 Å². The van der Waals surface area contributed by atoms with E-state index in [-0.39, 0.29) is 11.6 Å². The molecule has 0 unspecified atom stereocenters. The average molecular weight is 345 g/mol. The maximum absolute atomic E-state index is 12.7. The van der Waals surface area contributed by atoms with Crippen molar-refractivity contribution in [3.05, 3.63) is 29.8 Å². The zero-order chi connectivity index (χ0) is 18.4. The maximum atomic E-state index is 12.7. The zero-order valence-electron chi connectivity index (χ0n) is 15.5. The lowest BCUT2D eigenvalue weighted by atomic mass is 10.1. The molecule has 1 heterocycles. The SMILES string of the molecule is CCCCCCN1C(=O)/C(=N\NC(=O)OC(C)(C)C)c2ccccc21. The van der Waals surface area contributed by atoms with E-state index in [1.165, 1.54) is 0 Å². The Morgan fingerprint density at radius 1 is 1.20 bits per heavy atom. The van der Waals surface area contributed by atoms with Crippen LogP contribution in [0.25, 0.3) is 0 Å². The van der Waals surface area contributed by atoms with Crippen LogP contribution in [0.1, 0.15) is 58.9 Å². The van der Waals surface area contributed by atoms with E-state index in [0.29, 0.717) is 6.54 Å². The average Bonchev–Trinajstić information content (AvgIpc) is 2.80. The van der Waals surface area contributed by atoms with Crippen LogP contribution in [-0.2, 0) is 9.53 Å². The van der Waals surface area contributed by atoms with Gasteiger partial charge in [-0.25, -0.2) is 10.2 Å². The number of carbonyl (C=O) groups is 2. The topological polar surface area (TPSA) is 71.0 Å². The van der Waals surface area contributed by atoms with Gasteiger partial charge in [0.15, 0.2) is 5.71 Å². The molecule has 1 aliphatic rings. The fraction of sp³-hybridized carbons (Fsp3) is 0.526. The number of carbonyl (C=O) groups excluding carboxylic acids is 2. The largest absolute Gasteiger partial charge is 0.443 e. The first-order chi connectivity index (χ1) is 11.8. The van der Waals surface area contributed by atoms with Gasteiger partial charge in [-0.3, -0.25) is 4.79 Å². The standard InChI is InChI=1S/C19H27N3O3/c1-5-6-7-10-13-22-15-12-9-8-11-14(15)16(17(22)23)20-21-18(24)25-19(2,3)4/h8-9,11-12H,5-7,10,13H2,1-4H3,(H,21,24)/b20-16-. The van der Waals surface area contributed by atoms with Crippen molar-refractivity contribution in [2.24, 2.45) is 5.10 Å². The van der Waals surface area contributed by atoms with Gasteiger partial charge in [-0.2, -0.15) is 5.10 Å². The van der Waals surface area contributed by atoms with Crippen molar-refractivity contribution in [3.63, 3.8) is 0 Å². The number of unbranched alkanes of at least 4 members (excludes halogenated alkanes) is 3. The number of benzene rings is 1. The highest BCUT2D eigenvalue weighted by molar-refractivity contribution is 6.54. The number of nitrogens with zero attached hydrogens (tertiary/aromatic N) is 2. The van der Waals surface area contributed by atoms with E-state index in [2.05, 4.69) is 17.5 Å². The molecule has 1 aliphatic heterocycles. The second-order valence-corrected chi connectivity index (χ2v) is 7.11. The summed E-state index contributed by atoms with van der Waals surface area (Å²) < 4.78 is 5.16. The van der Waals surface area contributed by atoms with E-state index in [0.717, 1.165) is 36.9 Å². The fourth-order valence-electron chi connectivity index (χ4n) is 2.69. The summed E-state index contributed by atoms with van der Waals surface area (Å²) in [7, 11) is 0. The van der Waals surface area contributed by atoms with Crippen molar-refractivity contribution >= 4 is 23.4 Å². The van der Waals surface area contributed by atoms with Crippen LogP contribution in [0.2, 0.25) is 0 Å². The van der Waals surface area contributed by atoms with Crippen LogP contribution in [0, 0.1) is 0 Å². The normalized spacial score (nSPS) is 15.4. The summed E-state index contributed by atoms with van der Waals surface area (Å²) in [5.41, 5.74) is 3.53. The molecule has 136 valence electrons. The molecule has 0 aliphatic carbocycles. The number of anilines is 1. The molecule has 2 rings (SSSR count). The molecule has 6 heteroatoms. The zero-order valence-corrected chi connectivity index (χ0v) is 15.5. The van der Waals surface area contributed by atoms with Gasteiger partial charge in [-0.1, -0.05) is 44.4 Å². The van der Waals surface area contributed by atoms with Gasteiger partial charge in [-0.05, 0) is 33.3 Å². The highest BCUT2D eigenvalue weighted by Gasteiger charge is 2.33. The fourth-order valence-corrected chi connectivity index (χ4v) is 2.69. The highest BCUT2D eigenvalue weighted by Crippen LogP contribution is 2.29. The minimum Gasteiger partial charge on any atom is -0.443 e. The lowest BCUT2D eigenvalue weighted by molar-refractivity contribution is -0.112. The molecule has 0 saturated carbocycles. The Morgan fingerprint density at radius 3 is 2.60 bits per heavy atom. The van der Waals surface area contributed by atoms with Crippen LogP contribution in [-0.4, -0.2) is 29.9 Å². The second kappa shape index (κ2) is 8.14. The summed E-state index contributed by atoms with van der Waals surface area (Å²) in [4.78, 5) is 26.3. The summed E-state index contributed by atoms with van der Waals surface area (Å²) in [5, 5.41) is 4.03. The Bertz CT molecular complexity index is 662. The summed E-state index contributed by atoms with van der Waals surface area (Å²) >= 11 is 0. The highest BCUT2D eigenvalue weighted by atomic mass is 16.6. The van der Waals surface area contributed by atoms with Crippen LogP contribution in [0.5, 0.6) is 0 Å². The van der Waals surface area contributed by atoms with Crippen molar-refractivity contribution in [2.45, 2.75) is 59.0 Å². The molecule has 0 aromatic heterocycles. The molecular formula is C19H27N3O3. The smallest absolute Gasteiger partial charge is 0.428 e. The molecule has 0 spiro atoms. The van der Waals surface area contributed by atoms with Crippen molar-refractivity contribution in [2.75, 3.05) is 11.4 Å². The Hall–Kier alpha value is -2.37. The maximum Gasteiger partial charge on any atom is 0.428 e. The summed E-state index contributed by atoms with van der Waals surface area (Å²) in [6.45, 7) is 8.13. The molecule has 0 atom stereocenters. The predicted molar refractivity (Wildman–Crippen MR) is 98.8 cm³/mol. The quantitative estimate of drug-likeness (QED) is 0.629. The van der Waals surface area contributed by atoms with Gasteiger partial charge in [-0.15, -0.1) is 0 Å². The van der Waals surface area contributed by atoms with Crippen LogP contribution >= 0.6 is 0 Å². The number of hydrogen-bond donors (Lipinski definition) is 1. The third-order valence-electron chi connectivity index (χ3n) is 3.79. The number of hydrogen-bond acceptors (Lipinski definition) is 4. The van der Waals surface area contributed by atoms with Gasteiger partial charge < -0.3 is 9.64 Å². The molecule has 1 aromatic carbocycles. The number of rotatable bonds is 6. The van der Waals surface area contributed by atoms with Crippen molar-refractivity contribution in [1.82, 2.24) is 5.43 Å². The number of para-hydroxylation sites is 1. The number of nitrogens with one attached hydrogen (secondary N) is 1. The lowest BCUT2D eigenvalue weighted by Crippen LogP contribution is -2.34. The molecule has 0 fully saturated rings. The second-order valence-electron chi connectivity index (χ2n) is 7.11. The molecule has 1 N–H and O–H groups in total. The summed E-state index contributed by atoms with van der Waals surface area (Å²) in [6, 6.07) is 7.50. The first-order valence-electron chi connectivity index (χ1n) is 8.81. The van der Waals surface area contributed by atoms with Crippen molar-refractivity contribution in [3.8, 4) is 0 Å². The molecule has 0 bridgehead atoms. The Balaban J connectivity index is 2.12. The number of ether oxygens (including phenoxy) is 1.